The molecule has 0 saturated heterocycles. The molecule has 1 unspecified atom stereocenters. The fourth-order valence-corrected chi connectivity index (χ4v) is 4.09. The molecule has 0 spiro atoms. The number of hydrogen-bond acceptors (Lipinski definition) is 3. The maximum atomic E-state index is 5.05. The van der Waals surface area contributed by atoms with Crippen molar-refractivity contribution in [1.29, 1.82) is 0 Å². The van der Waals surface area contributed by atoms with Crippen LogP contribution in [0.25, 0.3) is 0 Å². The molecule has 5 heteroatoms. The van der Waals surface area contributed by atoms with E-state index in [2.05, 4.69) is 27.5 Å². The summed E-state index contributed by atoms with van der Waals surface area (Å²) in [4.78, 5) is 5.05. The van der Waals surface area contributed by atoms with E-state index in [-0.39, 0.29) is 0 Å². The molecule has 2 aliphatic rings. The maximum Gasteiger partial charge on any atom is 0.154 e. The van der Waals surface area contributed by atoms with Crippen molar-refractivity contribution < 1.29 is 0 Å². The van der Waals surface area contributed by atoms with Gasteiger partial charge in [0, 0.05) is 36.8 Å². The molecule has 1 saturated carbocycles. The Balaban J connectivity index is 1.60. The predicted octanol–water partition coefficient (Wildman–Crippen LogP) is 3.66. The van der Waals surface area contributed by atoms with E-state index in [1.807, 2.05) is 6.20 Å². The predicted molar refractivity (Wildman–Crippen MR) is 89.4 cm³/mol. The fourth-order valence-electron chi connectivity index (χ4n) is 4.09. The molecule has 2 aromatic heterocycles. The van der Waals surface area contributed by atoms with Gasteiger partial charge in [-0.05, 0) is 38.2 Å². The average molecular weight is 313 g/mol. The van der Waals surface area contributed by atoms with Crippen LogP contribution in [-0.4, -0.2) is 24.5 Å². The number of hydrogen-bond donors (Lipinski definition) is 0. The Hall–Kier alpha value is -1.65. The smallest absolute Gasteiger partial charge is 0.154 e. The molecule has 124 valence electrons. The second-order valence-electron chi connectivity index (χ2n) is 7.12. The topological polar surface area (TPSA) is 48.5 Å². The normalized spacial score (nSPS) is 21.7. The Morgan fingerprint density at radius 2 is 2.04 bits per heavy atom. The molecule has 1 atom stereocenters. The van der Waals surface area contributed by atoms with Crippen molar-refractivity contribution in [3.05, 3.63) is 29.6 Å². The first-order valence-corrected chi connectivity index (χ1v) is 9.30. The minimum Gasteiger partial charge on any atom is -0.270 e. The molecule has 0 amide bonds. The minimum atomic E-state index is 0.499. The van der Waals surface area contributed by atoms with Gasteiger partial charge in [0.25, 0.3) is 0 Å². The van der Waals surface area contributed by atoms with Crippen LogP contribution in [-0.2, 0) is 19.5 Å². The van der Waals surface area contributed by atoms with E-state index in [4.69, 9.17) is 10.1 Å². The summed E-state index contributed by atoms with van der Waals surface area (Å²) in [5.41, 5.74) is 1.34. The van der Waals surface area contributed by atoms with E-state index < -0.39 is 0 Å². The van der Waals surface area contributed by atoms with Crippen LogP contribution in [0, 0.1) is 0 Å². The Kier molecular flexibility index (Phi) is 4.19. The van der Waals surface area contributed by atoms with Crippen molar-refractivity contribution in [2.45, 2.75) is 83.2 Å². The quantitative estimate of drug-likeness (QED) is 0.846. The van der Waals surface area contributed by atoms with Crippen LogP contribution in [0.5, 0.6) is 0 Å². The first-order valence-electron chi connectivity index (χ1n) is 9.30. The molecule has 2 aromatic rings. The number of fused-ring (bicyclic) bond motifs is 1. The Morgan fingerprint density at radius 1 is 1.17 bits per heavy atom. The van der Waals surface area contributed by atoms with Crippen LogP contribution >= 0.6 is 0 Å². The highest BCUT2D eigenvalue weighted by atomic mass is 15.4. The third-order valence-electron chi connectivity index (χ3n) is 5.48. The molecular weight excluding hydrogens is 286 g/mol. The highest BCUT2D eigenvalue weighted by Gasteiger charge is 2.28. The zero-order valence-corrected chi connectivity index (χ0v) is 14.1. The second kappa shape index (κ2) is 6.46. The second-order valence-corrected chi connectivity index (χ2v) is 7.12. The molecule has 4 rings (SSSR count). The Morgan fingerprint density at radius 3 is 2.87 bits per heavy atom. The summed E-state index contributed by atoms with van der Waals surface area (Å²) in [5, 5.41) is 9.33. The van der Waals surface area contributed by atoms with Gasteiger partial charge in [-0.2, -0.15) is 10.2 Å². The monoisotopic (exact) mass is 313 g/mol. The van der Waals surface area contributed by atoms with Crippen molar-refractivity contribution in [3.63, 3.8) is 0 Å². The first-order chi connectivity index (χ1) is 11.3. The average Bonchev–Trinajstić information content (AvgIpc) is 3.30. The van der Waals surface area contributed by atoms with E-state index in [1.165, 1.54) is 50.0 Å². The van der Waals surface area contributed by atoms with E-state index in [1.54, 1.807) is 0 Å². The molecule has 0 radical (unpaired) electrons. The van der Waals surface area contributed by atoms with Gasteiger partial charge in [0.1, 0.15) is 5.82 Å². The summed E-state index contributed by atoms with van der Waals surface area (Å²) < 4.78 is 4.37. The number of unbranched alkanes of at least 4 members (excludes halogenated alkanes) is 1. The van der Waals surface area contributed by atoms with Crippen molar-refractivity contribution in [3.8, 4) is 0 Å². The van der Waals surface area contributed by atoms with Gasteiger partial charge in [-0.15, -0.1) is 0 Å². The molecule has 1 aliphatic heterocycles. The van der Waals surface area contributed by atoms with Crippen LogP contribution < -0.4 is 0 Å². The van der Waals surface area contributed by atoms with Crippen LogP contribution in [0.15, 0.2) is 12.3 Å². The molecule has 1 fully saturated rings. The third-order valence-corrected chi connectivity index (χ3v) is 5.48. The van der Waals surface area contributed by atoms with Gasteiger partial charge < -0.3 is 0 Å². The summed E-state index contributed by atoms with van der Waals surface area (Å²) in [6.07, 6.45) is 11.7. The van der Waals surface area contributed by atoms with Crippen LogP contribution in [0.4, 0.5) is 0 Å². The lowest BCUT2D eigenvalue weighted by atomic mass is 9.95. The van der Waals surface area contributed by atoms with Gasteiger partial charge in [-0.3, -0.25) is 4.68 Å². The minimum absolute atomic E-state index is 0.499. The highest BCUT2D eigenvalue weighted by Crippen LogP contribution is 2.34. The number of aryl methyl sites for hydroxylation is 2. The summed E-state index contributed by atoms with van der Waals surface area (Å²) in [5.74, 6) is 3.45. The molecule has 0 aromatic carbocycles. The zero-order chi connectivity index (χ0) is 15.6. The van der Waals surface area contributed by atoms with Gasteiger partial charge >= 0.3 is 0 Å². The van der Waals surface area contributed by atoms with Crippen molar-refractivity contribution in [1.82, 2.24) is 24.5 Å². The number of rotatable bonds is 5. The summed E-state index contributed by atoms with van der Waals surface area (Å²) in [6, 6.07) is 2.15. The summed E-state index contributed by atoms with van der Waals surface area (Å²) in [6.45, 7) is 4.27. The van der Waals surface area contributed by atoms with Crippen molar-refractivity contribution in [2.75, 3.05) is 0 Å². The molecule has 3 heterocycles. The zero-order valence-electron chi connectivity index (χ0n) is 14.1. The van der Waals surface area contributed by atoms with Gasteiger partial charge in [-0.1, -0.05) is 26.2 Å². The Labute approximate surface area is 138 Å². The molecule has 5 nitrogen and oxygen atoms in total. The number of nitrogens with zero attached hydrogens (tertiary/aromatic N) is 5. The van der Waals surface area contributed by atoms with Crippen molar-refractivity contribution in [2.24, 2.45) is 0 Å². The van der Waals surface area contributed by atoms with Crippen molar-refractivity contribution >= 4 is 0 Å². The fraction of sp³-hybridized carbons (Fsp3) is 0.722. The van der Waals surface area contributed by atoms with Crippen LogP contribution in [0.1, 0.15) is 81.0 Å². The highest BCUT2D eigenvalue weighted by molar-refractivity contribution is 5.13. The lowest BCUT2D eigenvalue weighted by Gasteiger charge is -2.23. The molecule has 0 N–H and O–H groups in total. The van der Waals surface area contributed by atoms with E-state index in [9.17, 15) is 0 Å². The molecule has 1 aliphatic carbocycles. The molecular formula is C18H27N5. The lowest BCUT2D eigenvalue weighted by molar-refractivity contribution is 0.407. The van der Waals surface area contributed by atoms with Gasteiger partial charge in [0.2, 0.25) is 0 Å². The Bertz CT molecular complexity index is 650. The van der Waals surface area contributed by atoms with Crippen LogP contribution in [0.3, 0.4) is 0 Å². The van der Waals surface area contributed by atoms with Gasteiger partial charge in [-0.25, -0.2) is 9.67 Å². The van der Waals surface area contributed by atoms with E-state index in [0.29, 0.717) is 11.8 Å². The van der Waals surface area contributed by atoms with Gasteiger partial charge in [0.15, 0.2) is 5.82 Å². The summed E-state index contributed by atoms with van der Waals surface area (Å²) >= 11 is 0. The van der Waals surface area contributed by atoms with E-state index >= 15 is 0 Å². The lowest BCUT2D eigenvalue weighted by Crippen LogP contribution is -2.21. The van der Waals surface area contributed by atoms with Gasteiger partial charge in [0.05, 0.1) is 0 Å². The standard InChI is InChI=1S/C18H27N5/c1-2-3-11-23-18(20-17(21-23)14-6-4-5-7-14)15-9-12-22-16(13-15)8-10-19-22/h8,10,14-15H,2-7,9,11-13H2,1H3. The SMILES string of the molecule is CCCCn1nc(C2CCCC2)nc1C1CCn2nccc2C1. The van der Waals surface area contributed by atoms with Crippen LogP contribution in [0.2, 0.25) is 0 Å². The molecule has 23 heavy (non-hydrogen) atoms. The van der Waals surface area contributed by atoms with E-state index in [0.717, 1.165) is 31.8 Å². The number of aromatic nitrogens is 5. The first kappa shape index (κ1) is 14.9. The third kappa shape index (κ3) is 2.93. The largest absolute Gasteiger partial charge is 0.270 e. The molecule has 0 bridgehead atoms. The maximum absolute atomic E-state index is 5.05. The summed E-state index contributed by atoms with van der Waals surface area (Å²) in [7, 11) is 0.